The van der Waals surface area contributed by atoms with Crippen LogP contribution in [0.2, 0.25) is 0 Å². The van der Waals surface area contributed by atoms with Crippen molar-refractivity contribution in [3.05, 3.63) is 59.5 Å². The number of carbonyl (C=O) groups excluding carboxylic acids is 1. The molecule has 92 valence electrons. The van der Waals surface area contributed by atoms with E-state index in [0.29, 0.717) is 5.56 Å². The number of pyridine rings is 1. The molecule has 1 amide bonds. The fourth-order valence-corrected chi connectivity index (χ4v) is 1.50. The summed E-state index contributed by atoms with van der Waals surface area (Å²) in [5.74, 6) is -0.385. The van der Waals surface area contributed by atoms with Crippen LogP contribution in [0.25, 0.3) is 0 Å². The van der Waals surface area contributed by atoms with Crippen molar-refractivity contribution in [1.29, 1.82) is 0 Å². The van der Waals surface area contributed by atoms with Crippen LogP contribution in [0.3, 0.4) is 0 Å². The number of aromatic nitrogens is 1. The average molecular weight is 245 g/mol. The molecule has 0 unspecified atom stereocenters. The zero-order valence-electron chi connectivity index (χ0n) is 9.56. The first-order valence-corrected chi connectivity index (χ1v) is 5.40. The standard InChI is InChI=1S/C13H12FN3O/c14-10-4-1-3-9(7-10)8-16-13(18)11-5-2-6-12(15)17-11/h1-7H,8H2,(H2,15,17)(H,16,18). The molecule has 0 aliphatic heterocycles. The molecule has 1 aromatic carbocycles. The Balaban J connectivity index is 2.00. The Kier molecular flexibility index (Phi) is 3.52. The lowest BCUT2D eigenvalue weighted by molar-refractivity contribution is 0.0946. The van der Waals surface area contributed by atoms with Gasteiger partial charge < -0.3 is 11.1 Å². The summed E-state index contributed by atoms with van der Waals surface area (Å²) in [5.41, 5.74) is 6.41. The van der Waals surface area contributed by atoms with Crippen molar-refractivity contribution < 1.29 is 9.18 Å². The fourth-order valence-electron chi connectivity index (χ4n) is 1.50. The lowest BCUT2D eigenvalue weighted by atomic mass is 10.2. The molecule has 5 heteroatoms. The number of nitrogens with zero attached hydrogens (tertiary/aromatic N) is 1. The minimum atomic E-state index is -0.341. The molecule has 0 saturated heterocycles. The van der Waals surface area contributed by atoms with Crippen LogP contribution in [0, 0.1) is 5.82 Å². The number of carbonyl (C=O) groups is 1. The van der Waals surface area contributed by atoms with Crippen LogP contribution in [0.1, 0.15) is 16.1 Å². The summed E-state index contributed by atoms with van der Waals surface area (Å²) in [6.45, 7) is 0.243. The van der Waals surface area contributed by atoms with E-state index in [1.807, 2.05) is 0 Å². The van der Waals surface area contributed by atoms with Gasteiger partial charge in [-0.05, 0) is 29.8 Å². The second kappa shape index (κ2) is 5.27. The van der Waals surface area contributed by atoms with Crippen LogP contribution in [0.5, 0.6) is 0 Å². The largest absolute Gasteiger partial charge is 0.384 e. The van der Waals surface area contributed by atoms with E-state index in [1.54, 1.807) is 30.3 Å². The number of nitrogens with one attached hydrogen (secondary N) is 1. The maximum absolute atomic E-state index is 12.9. The summed E-state index contributed by atoms with van der Waals surface area (Å²) in [5, 5.41) is 2.65. The van der Waals surface area contributed by atoms with Crippen LogP contribution < -0.4 is 11.1 Å². The third-order valence-electron chi connectivity index (χ3n) is 2.35. The van der Waals surface area contributed by atoms with E-state index >= 15 is 0 Å². The number of rotatable bonds is 3. The molecule has 2 aromatic rings. The number of benzene rings is 1. The number of nitrogen functional groups attached to an aromatic ring is 1. The lowest BCUT2D eigenvalue weighted by Crippen LogP contribution is -2.24. The highest BCUT2D eigenvalue weighted by atomic mass is 19.1. The first-order chi connectivity index (χ1) is 8.65. The Morgan fingerprint density at radius 3 is 2.78 bits per heavy atom. The number of anilines is 1. The first kappa shape index (κ1) is 12.0. The molecule has 1 heterocycles. The van der Waals surface area contributed by atoms with Crippen molar-refractivity contribution in [3.8, 4) is 0 Å². The van der Waals surface area contributed by atoms with E-state index in [-0.39, 0.29) is 29.8 Å². The van der Waals surface area contributed by atoms with Gasteiger partial charge in [-0.1, -0.05) is 18.2 Å². The normalized spacial score (nSPS) is 10.1. The van der Waals surface area contributed by atoms with Gasteiger partial charge in [0.1, 0.15) is 17.3 Å². The predicted molar refractivity (Wildman–Crippen MR) is 66.2 cm³/mol. The summed E-state index contributed by atoms with van der Waals surface area (Å²) < 4.78 is 12.9. The highest BCUT2D eigenvalue weighted by Gasteiger charge is 2.06. The Hall–Kier alpha value is -2.43. The highest BCUT2D eigenvalue weighted by Crippen LogP contribution is 2.04. The Labute approximate surface area is 104 Å². The summed E-state index contributed by atoms with van der Waals surface area (Å²) in [6.07, 6.45) is 0. The van der Waals surface area contributed by atoms with Crippen molar-refractivity contribution in [2.24, 2.45) is 0 Å². The maximum atomic E-state index is 12.9. The molecular weight excluding hydrogens is 233 g/mol. The van der Waals surface area contributed by atoms with Gasteiger partial charge in [-0.15, -0.1) is 0 Å². The zero-order chi connectivity index (χ0) is 13.0. The highest BCUT2D eigenvalue weighted by molar-refractivity contribution is 5.92. The second-order valence-electron chi connectivity index (χ2n) is 3.76. The molecule has 0 saturated carbocycles. The monoisotopic (exact) mass is 245 g/mol. The van der Waals surface area contributed by atoms with E-state index < -0.39 is 0 Å². The predicted octanol–water partition coefficient (Wildman–Crippen LogP) is 1.73. The molecule has 0 aliphatic rings. The van der Waals surface area contributed by atoms with Crippen LogP contribution in [0.15, 0.2) is 42.5 Å². The Morgan fingerprint density at radius 1 is 1.28 bits per heavy atom. The van der Waals surface area contributed by atoms with Crippen LogP contribution >= 0.6 is 0 Å². The molecule has 2 rings (SSSR count). The quantitative estimate of drug-likeness (QED) is 0.865. The molecule has 0 atom stereocenters. The third-order valence-corrected chi connectivity index (χ3v) is 2.35. The topological polar surface area (TPSA) is 68.0 Å². The summed E-state index contributed by atoms with van der Waals surface area (Å²) in [4.78, 5) is 15.6. The van der Waals surface area contributed by atoms with Crippen molar-refractivity contribution >= 4 is 11.7 Å². The summed E-state index contributed by atoms with van der Waals surface area (Å²) in [7, 11) is 0. The van der Waals surface area contributed by atoms with Gasteiger partial charge in [-0.3, -0.25) is 4.79 Å². The van der Waals surface area contributed by atoms with Gasteiger partial charge in [-0.2, -0.15) is 0 Å². The average Bonchev–Trinajstić information content (AvgIpc) is 2.36. The minimum Gasteiger partial charge on any atom is -0.384 e. The van der Waals surface area contributed by atoms with Crippen molar-refractivity contribution in [2.75, 3.05) is 5.73 Å². The number of nitrogens with two attached hydrogens (primary N) is 1. The van der Waals surface area contributed by atoms with Gasteiger partial charge in [0.2, 0.25) is 0 Å². The Bertz CT molecular complexity index is 572. The SMILES string of the molecule is Nc1cccc(C(=O)NCc2cccc(F)c2)n1. The van der Waals surface area contributed by atoms with Gasteiger partial charge >= 0.3 is 0 Å². The van der Waals surface area contributed by atoms with Crippen molar-refractivity contribution in [3.63, 3.8) is 0 Å². The smallest absolute Gasteiger partial charge is 0.270 e. The fraction of sp³-hybridized carbons (Fsp3) is 0.0769. The molecular formula is C13H12FN3O. The number of hydrogen-bond donors (Lipinski definition) is 2. The number of amides is 1. The zero-order valence-corrected chi connectivity index (χ0v) is 9.56. The van der Waals surface area contributed by atoms with E-state index in [4.69, 9.17) is 5.73 Å². The third kappa shape index (κ3) is 3.04. The minimum absolute atomic E-state index is 0.242. The van der Waals surface area contributed by atoms with Crippen LogP contribution in [-0.4, -0.2) is 10.9 Å². The molecule has 0 spiro atoms. The first-order valence-electron chi connectivity index (χ1n) is 5.40. The summed E-state index contributed by atoms with van der Waals surface area (Å²) in [6, 6.07) is 10.9. The van der Waals surface area contributed by atoms with Gasteiger partial charge in [0.25, 0.3) is 5.91 Å². The molecule has 0 bridgehead atoms. The lowest BCUT2D eigenvalue weighted by Gasteiger charge is -2.05. The molecule has 0 aliphatic carbocycles. The van der Waals surface area contributed by atoms with Crippen molar-refractivity contribution in [1.82, 2.24) is 10.3 Å². The Morgan fingerprint density at radius 2 is 2.06 bits per heavy atom. The van der Waals surface area contributed by atoms with E-state index in [2.05, 4.69) is 10.3 Å². The van der Waals surface area contributed by atoms with E-state index in [9.17, 15) is 9.18 Å². The van der Waals surface area contributed by atoms with E-state index in [0.717, 1.165) is 0 Å². The molecule has 4 nitrogen and oxygen atoms in total. The van der Waals surface area contributed by atoms with Gasteiger partial charge in [-0.25, -0.2) is 9.37 Å². The molecule has 3 N–H and O–H groups in total. The van der Waals surface area contributed by atoms with Gasteiger partial charge in [0, 0.05) is 6.54 Å². The second-order valence-corrected chi connectivity index (χ2v) is 3.76. The summed E-state index contributed by atoms with van der Waals surface area (Å²) >= 11 is 0. The van der Waals surface area contributed by atoms with Crippen LogP contribution in [0.4, 0.5) is 10.2 Å². The number of halogens is 1. The molecule has 0 radical (unpaired) electrons. The molecule has 0 fully saturated rings. The van der Waals surface area contributed by atoms with Crippen molar-refractivity contribution in [2.45, 2.75) is 6.54 Å². The molecule has 1 aromatic heterocycles. The van der Waals surface area contributed by atoms with Gasteiger partial charge in [0.15, 0.2) is 0 Å². The number of hydrogen-bond acceptors (Lipinski definition) is 3. The van der Waals surface area contributed by atoms with Gasteiger partial charge in [0.05, 0.1) is 0 Å². The van der Waals surface area contributed by atoms with Crippen LogP contribution in [-0.2, 0) is 6.54 Å². The maximum Gasteiger partial charge on any atom is 0.270 e. The molecule has 18 heavy (non-hydrogen) atoms. The van der Waals surface area contributed by atoms with E-state index in [1.165, 1.54) is 12.1 Å².